The molecule has 1 aromatic rings. The molecule has 4 saturated carbocycles. The third-order valence-electron chi connectivity index (χ3n) is 6.11. The highest BCUT2D eigenvalue weighted by atomic mass is 16.5. The Morgan fingerprint density at radius 3 is 2.33 bits per heavy atom. The van der Waals surface area contributed by atoms with Gasteiger partial charge in [-0.2, -0.15) is 0 Å². The van der Waals surface area contributed by atoms with Crippen LogP contribution in [-0.4, -0.2) is 19.0 Å². The van der Waals surface area contributed by atoms with Crippen molar-refractivity contribution in [1.29, 1.82) is 0 Å². The maximum absolute atomic E-state index is 12.3. The van der Waals surface area contributed by atoms with Gasteiger partial charge in [0.1, 0.15) is 12.4 Å². The molecule has 5 nitrogen and oxygen atoms in total. The normalized spacial score (nSPS) is 33.5. The molecule has 5 rings (SSSR count). The van der Waals surface area contributed by atoms with Crippen molar-refractivity contribution in [3.8, 4) is 0 Å². The first-order chi connectivity index (χ1) is 11.5. The highest BCUT2D eigenvalue weighted by molar-refractivity contribution is 5.86. The largest absolute Gasteiger partial charge is 0.463 e. The summed E-state index contributed by atoms with van der Waals surface area (Å²) in [6.45, 7) is 0.0716. The molecule has 0 saturated heterocycles. The molecule has 4 aliphatic rings. The molecule has 24 heavy (non-hydrogen) atoms. The van der Waals surface area contributed by atoms with E-state index in [0.717, 1.165) is 17.8 Å². The Kier molecular flexibility index (Phi) is 3.89. The molecule has 0 N–H and O–H groups in total. The molecule has 4 fully saturated rings. The van der Waals surface area contributed by atoms with Gasteiger partial charge < -0.3 is 13.9 Å². The highest BCUT2D eigenvalue weighted by Gasteiger charge is 2.51. The zero-order chi connectivity index (χ0) is 16.7. The molecule has 0 aliphatic heterocycles. The molecule has 5 heteroatoms. The first kappa shape index (κ1) is 15.7. The number of esters is 2. The van der Waals surface area contributed by atoms with Gasteiger partial charge >= 0.3 is 11.9 Å². The van der Waals surface area contributed by atoms with Gasteiger partial charge in [0.15, 0.2) is 0 Å². The summed E-state index contributed by atoms with van der Waals surface area (Å²) in [5, 5.41) is 0. The predicted octanol–water partition coefficient (Wildman–Crippen LogP) is 3.72. The van der Waals surface area contributed by atoms with E-state index in [1.165, 1.54) is 51.7 Å². The van der Waals surface area contributed by atoms with Gasteiger partial charge in [-0.05, 0) is 73.8 Å². The second-order valence-electron chi connectivity index (χ2n) is 8.01. The Morgan fingerprint density at radius 2 is 1.75 bits per heavy atom. The van der Waals surface area contributed by atoms with Crippen LogP contribution in [0.25, 0.3) is 0 Å². The summed E-state index contributed by atoms with van der Waals surface area (Å²) >= 11 is 0. The number of hydrogen-bond donors (Lipinski definition) is 0. The third kappa shape index (κ3) is 2.96. The smallest absolute Gasteiger partial charge is 0.373 e. The van der Waals surface area contributed by atoms with Crippen molar-refractivity contribution in [3.63, 3.8) is 0 Å². The lowest BCUT2D eigenvalue weighted by Crippen LogP contribution is -2.47. The van der Waals surface area contributed by atoms with Gasteiger partial charge in [-0.3, -0.25) is 4.79 Å². The predicted molar refractivity (Wildman–Crippen MR) is 85.1 cm³/mol. The van der Waals surface area contributed by atoms with Crippen LogP contribution in [0.4, 0.5) is 0 Å². The van der Waals surface area contributed by atoms with Crippen LogP contribution < -0.4 is 0 Å². The van der Waals surface area contributed by atoms with E-state index < -0.39 is 5.97 Å². The van der Waals surface area contributed by atoms with E-state index in [4.69, 9.17) is 9.15 Å². The quantitative estimate of drug-likeness (QED) is 0.769. The van der Waals surface area contributed by atoms with Crippen molar-refractivity contribution in [2.75, 3.05) is 7.11 Å². The third-order valence-corrected chi connectivity index (χ3v) is 6.11. The lowest BCUT2D eigenvalue weighted by atomic mass is 9.49. The van der Waals surface area contributed by atoms with Crippen molar-refractivity contribution in [2.24, 2.45) is 23.2 Å². The fraction of sp³-hybridized carbons (Fsp3) is 0.684. The number of ether oxygens (including phenoxy) is 2. The van der Waals surface area contributed by atoms with E-state index in [9.17, 15) is 9.59 Å². The zero-order valence-corrected chi connectivity index (χ0v) is 14.1. The van der Waals surface area contributed by atoms with Crippen LogP contribution in [0.15, 0.2) is 16.5 Å². The van der Waals surface area contributed by atoms with Gasteiger partial charge in [0.05, 0.1) is 13.5 Å². The Hall–Kier alpha value is -1.78. The Balaban J connectivity index is 1.32. The summed E-state index contributed by atoms with van der Waals surface area (Å²) in [6, 6.07) is 3.18. The molecule has 0 amide bonds. The van der Waals surface area contributed by atoms with Crippen molar-refractivity contribution in [2.45, 2.75) is 51.6 Å². The highest BCUT2D eigenvalue weighted by Crippen LogP contribution is 2.61. The number of rotatable bonds is 5. The molecule has 0 spiro atoms. The summed E-state index contributed by atoms with van der Waals surface area (Å²) in [4.78, 5) is 23.7. The summed E-state index contributed by atoms with van der Waals surface area (Å²) in [6.07, 6.45) is 8.23. The average Bonchev–Trinajstić information content (AvgIpc) is 2.99. The number of furan rings is 1. The lowest BCUT2D eigenvalue weighted by molar-refractivity contribution is -0.153. The van der Waals surface area contributed by atoms with Gasteiger partial charge in [-0.15, -0.1) is 0 Å². The SMILES string of the molecule is COC(=O)c1ccc(COC(=O)CC23CC4CC(CC(C4)C2)C3)o1. The Labute approximate surface area is 141 Å². The molecule has 0 atom stereocenters. The summed E-state index contributed by atoms with van der Waals surface area (Å²) in [5.41, 5.74) is 0.187. The fourth-order valence-corrected chi connectivity index (χ4v) is 5.68. The molecular formula is C19H24O5. The van der Waals surface area contributed by atoms with Gasteiger partial charge in [-0.25, -0.2) is 4.79 Å². The van der Waals surface area contributed by atoms with Crippen molar-refractivity contribution < 1.29 is 23.5 Å². The van der Waals surface area contributed by atoms with E-state index in [1.807, 2.05) is 0 Å². The minimum absolute atomic E-state index is 0.0716. The summed E-state index contributed by atoms with van der Waals surface area (Å²) in [7, 11) is 1.30. The van der Waals surface area contributed by atoms with Crippen molar-refractivity contribution in [3.05, 3.63) is 23.7 Å². The van der Waals surface area contributed by atoms with Crippen LogP contribution in [0.3, 0.4) is 0 Å². The standard InChI is InChI=1S/C19H24O5/c1-22-18(21)16-3-2-15(24-16)11-23-17(20)10-19-7-12-4-13(8-19)6-14(5-12)9-19/h2-3,12-14H,4-11H2,1H3. The topological polar surface area (TPSA) is 65.7 Å². The number of carbonyl (C=O) groups is 2. The van der Waals surface area contributed by atoms with E-state index in [-0.39, 0.29) is 23.8 Å². The molecule has 0 unspecified atom stereocenters. The second kappa shape index (κ2) is 5.94. The molecule has 1 heterocycles. The van der Waals surface area contributed by atoms with Gasteiger partial charge in [-0.1, -0.05) is 0 Å². The second-order valence-corrected chi connectivity index (χ2v) is 8.01. The maximum atomic E-state index is 12.3. The van der Waals surface area contributed by atoms with Crippen molar-refractivity contribution in [1.82, 2.24) is 0 Å². The first-order valence-corrected chi connectivity index (χ1v) is 8.88. The van der Waals surface area contributed by atoms with Crippen LogP contribution in [0.1, 0.15) is 61.3 Å². The molecule has 0 radical (unpaired) electrons. The van der Waals surface area contributed by atoms with Crippen LogP contribution >= 0.6 is 0 Å². The van der Waals surface area contributed by atoms with Gasteiger partial charge in [0.2, 0.25) is 5.76 Å². The lowest BCUT2D eigenvalue weighted by Gasteiger charge is -2.56. The first-order valence-electron chi connectivity index (χ1n) is 8.88. The van der Waals surface area contributed by atoms with E-state index in [2.05, 4.69) is 4.74 Å². The summed E-state index contributed by atoms with van der Waals surface area (Å²) in [5.74, 6) is 2.42. The monoisotopic (exact) mass is 332 g/mol. The van der Waals surface area contributed by atoms with Crippen LogP contribution in [-0.2, 0) is 20.9 Å². The maximum Gasteiger partial charge on any atom is 0.373 e. The zero-order valence-electron chi connectivity index (χ0n) is 14.1. The molecule has 1 aromatic heterocycles. The number of methoxy groups -OCH3 is 1. The number of hydrogen-bond acceptors (Lipinski definition) is 5. The molecular weight excluding hydrogens is 308 g/mol. The van der Waals surface area contributed by atoms with Crippen LogP contribution in [0.2, 0.25) is 0 Å². The van der Waals surface area contributed by atoms with Crippen LogP contribution in [0.5, 0.6) is 0 Å². The minimum Gasteiger partial charge on any atom is -0.463 e. The van der Waals surface area contributed by atoms with Crippen LogP contribution in [0, 0.1) is 23.2 Å². The molecule has 0 aromatic carbocycles. The fourth-order valence-electron chi connectivity index (χ4n) is 5.68. The molecule has 130 valence electrons. The van der Waals surface area contributed by atoms with E-state index in [0.29, 0.717) is 12.2 Å². The van der Waals surface area contributed by atoms with E-state index in [1.54, 1.807) is 6.07 Å². The van der Waals surface area contributed by atoms with Crippen molar-refractivity contribution >= 4 is 11.9 Å². The number of carbonyl (C=O) groups excluding carboxylic acids is 2. The van der Waals surface area contributed by atoms with Gasteiger partial charge in [0.25, 0.3) is 0 Å². The Morgan fingerprint density at radius 1 is 1.12 bits per heavy atom. The Bertz CT molecular complexity index is 609. The summed E-state index contributed by atoms with van der Waals surface area (Å²) < 4.78 is 15.3. The molecule has 4 aliphatic carbocycles. The molecule has 4 bridgehead atoms. The minimum atomic E-state index is -0.527. The van der Waals surface area contributed by atoms with E-state index >= 15 is 0 Å². The van der Waals surface area contributed by atoms with Gasteiger partial charge in [0, 0.05) is 0 Å². The average molecular weight is 332 g/mol.